The van der Waals surface area contributed by atoms with Crippen LogP contribution >= 0.6 is 11.6 Å². The lowest BCUT2D eigenvalue weighted by atomic mass is 10.00. The lowest BCUT2D eigenvalue weighted by Gasteiger charge is -2.28. The van der Waals surface area contributed by atoms with Crippen LogP contribution in [-0.2, 0) is 17.8 Å². The Balaban J connectivity index is 1.54. The van der Waals surface area contributed by atoms with E-state index in [0.717, 1.165) is 26.1 Å². The van der Waals surface area contributed by atoms with E-state index in [1.807, 2.05) is 0 Å². The molecule has 1 N–H and O–H groups in total. The first-order valence-corrected chi connectivity index (χ1v) is 8.46. The summed E-state index contributed by atoms with van der Waals surface area (Å²) >= 11 is 5.99. The van der Waals surface area contributed by atoms with Crippen LogP contribution in [0.2, 0.25) is 5.02 Å². The van der Waals surface area contributed by atoms with Gasteiger partial charge in [-0.05, 0) is 35.7 Å². The number of nitrogens with zero attached hydrogens (tertiary/aromatic N) is 1. The fraction of sp³-hybridized carbons (Fsp3) is 0.316. The Morgan fingerprint density at radius 2 is 2.04 bits per heavy atom. The number of benzene rings is 2. The molecule has 0 unspecified atom stereocenters. The van der Waals surface area contributed by atoms with Crippen LogP contribution in [-0.4, -0.2) is 31.0 Å². The number of hydrogen-bond acceptors (Lipinski definition) is 3. The number of carbonyl (C=O) groups excluding carboxylic acids is 1. The van der Waals surface area contributed by atoms with Crippen molar-refractivity contribution in [2.45, 2.75) is 19.4 Å². The van der Waals surface area contributed by atoms with Crippen molar-refractivity contribution in [1.82, 2.24) is 4.90 Å². The van der Waals surface area contributed by atoms with E-state index in [9.17, 15) is 4.79 Å². The second-order valence-corrected chi connectivity index (χ2v) is 6.37. The van der Waals surface area contributed by atoms with Crippen molar-refractivity contribution < 1.29 is 9.53 Å². The molecule has 1 heterocycles. The molecule has 2 aromatic carbocycles. The van der Waals surface area contributed by atoms with E-state index in [4.69, 9.17) is 16.3 Å². The van der Waals surface area contributed by atoms with E-state index in [0.29, 0.717) is 22.9 Å². The van der Waals surface area contributed by atoms with Gasteiger partial charge in [0.2, 0.25) is 5.91 Å². The standard InChI is InChI=1S/C19H21ClN2O2/c1-24-18-7-6-16(20)12-17(18)21-19(23)9-11-22-10-8-14-4-2-3-5-15(14)13-22/h2-7,12H,8-11,13H2,1H3,(H,21,23). The third-order valence-electron chi connectivity index (χ3n) is 4.30. The Hall–Kier alpha value is -2.04. The first kappa shape index (κ1) is 16.8. The van der Waals surface area contributed by atoms with Crippen molar-refractivity contribution in [2.24, 2.45) is 0 Å². The summed E-state index contributed by atoms with van der Waals surface area (Å²) in [7, 11) is 1.57. The first-order chi connectivity index (χ1) is 11.7. The smallest absolute Gasteiger partial charge is 0.225 e. The number of methoxy groups -OCH3 is 1. The Kier molecular flexibility index (Phi) is 5.38. The predicted octanol–water partition coefficient (Wildman–Crippen LogP) is 3.74. The monoisotopic (exact) mass is 344 g/mol. The number of hydrogen-bond donors (Lipinski definition) is 1. The van der Waals surface area contributed by atoms with Crippen molar-refractivity contribution in [3.63, 3.8) is 0 Å². The topological polar surface area (TPSA) is 41.6 Å². The number of rotatable bonds is 5. The average Bonchev–Trinajstić information content (AvgIpc) is 2.60. The molecule has 0 aromatic heterocycles. The third-order valence-corrected chi connectivity index (χ3v) is 4.54. The summed E-state index contributed by atoms with van der Waals surface area (Å²) in [4.78, 5) is 14.6. The lowest BCUT2D eigenvalue weighted by molar-refractivity contribution is -0.116. The van der Waals surface area contributed by atoms with Crippen LogP contribution in [0.3, 0.4) is 0 Å². The van der Waals surface area contributed by atoms with Crippen molar-refractivity contribution in [2.75, 3.05) is 25.5 Å². The van der Waals surface area contributed by atoms with E-state index >= 15 is 0 Å². The maximum Gasteiger partial charge on any atom is 0.225 e. The fourth-order valence-corrected chi connectivity index (χ4v) is 3.17. The highest BCUT2D eigenvalue weighted by Gasteiger charge is 2.16. The minimum atomic E-state index is -0.0329. The first-order valence-electron chi connectivity index (χ1n) is 8.08. The molecule has 4 nitrogen and oxygen atoms in total. The Morgan fingerprint density at radius 3 is 2.83 bits per heavy atom. The van der Waals surface area contributed by atoms with Gasteiger partial charge in [0.25, 0.3) is 0 Å². The van der Waals surface area contributed by atoms with Gasteiger partial charge in [-0.1, -0.05) is 35.9 Å². The van der Waals surface area contributed by atoms with Gasteiger partial charge in [-0.25, -0.2) is 0 Å². The molecule has 24 heavy (non-hydrogen) atoms. The Bertz CT molecular complexity index is 733. The van der Waals surface area contributed by atoms with Crippen LogP contribution in [0, 0.1) is 0 Å². The molecule has 0 radical (unpaired) electrons. The van der Waals surface area contributed by atoms with Gasteiger partial charge >= 0.3 is 0 Å². The summed E-state index contributed by atoms with van der Waals surface area (Å²) < 4.78 is 5.25. The largest absolute Gasteiger partial charge is 0.495 e. The number of amides is 1. The van der Waals surface area contributed by atoms with Crippen LogP contribution in [0.4, 0.5) is 5.69 Å². The van der Waals surface area contributed by atoms with Gasteiger partial charge in [0, 0.05) is 31.1 Å². The second-order valence-electron chi connectivity index (χ2n) is 5.94. The number of carbonyl (C=O) groups is 1. The third kappa shape index (κ3) is 4.08. The van der Waals surface area contributed by atoms with Crippen LogP contribution in [0.5, 0.6) is 5.75 Å². The molecular formula is C19H21ClN2O2. The molecule has 0 aliphatic carbocycles. The molecule has 0 fully saturated rings. The lowest BCUT2D eigenvalue weighted by Crippen LogP contribution is -2.33. The second kappa shape index (κ2) is 7.69. The maximum absolute atomic E-state index is 12.2. The highest BCUT2D eigenvalue weighted by Crippen LogP contribution is 2.27. The van der Waals surface area contributed by atoms with Gasteiger partial charge in [-0.2, -0.15) is 0 Å². The van der Waals surface area contributed by atoms with Crippen LogP contribution < -0.4 is 10.1 Å². The van der Waals surface area contributed by atoms with Gasteiger partial charge in [-0.3, -0.25) is 9.69 Å². The summed E-state index contributed by atoms with van der Waals surface area (Å²) in [6.07, 6.45) is 1.48. The molecular weight excluding hydrogens is 324 g/mol. The summed E-state index contributed by atoms with van der Waals surface area (Å²) in [6.45, 7) is 2.64. The number of fused-ring (bicyclic) bond motifs is 1. The van der Waals surface area contributed by atoms with Crippen molar-refractivity contribution in [3.05, 3.63) is 58.6 Å². The van der Waals surface area contributed by atoms with E-state index in [-0.39, 0.29) is 5.91 Å². The average molecular weight is 345 g/mol. The van der Waals surface area contributed by atoms with E-state index < -0.39 is 0 Å². The van der Waals surface area contributed by atoms with Crippen molar-refractivity contribution >= 4 is 23.2 Å². The van der Waals surface area contributed by atoms with Crippen molar-refractivity contribution in [1.29, 1.82) is 0 Å². The zero-order valence-corrected chi connectivity index (χ0v) is 14.5. The Labute approximate surface area is 147 Å². The van der Waals surface area contributed by atoms with Crippen molar-refractivity contribution in [3.8, 4) is 5.75 Å². The molecule has 126 valence electrons. The molecule has 2 aromatic rings. The van der Waals surface area contributed by atoms with Gasteiger partial charge in [0.15, 0.2) is 0 Å². The molecule has 1 aliphatic heterocycles. The summed E-state index contributed by atoms with van der Waals surface area (Å²) in [6, 6.07) is 13.7. The van der Waals surface area contributed by atoms with Crippen LogP contribution in [0.25, 0.3) is 0 Å². The molecule has 0 bridgehead atoms. The summed E-state index contributed by atoms with van der Waals surface area (Å²) in [5, 5.41) is 3.45. The molecule has 1 aliphatic rings. The van der Waals surface area contributed by atoms with Crippen LogP contribution in [0.15, 0.2) is 42.5 Å². The zero-order chi connectivity index (χ0) is 16.9. The number of anilines is 1. The molecule has 5 heteroatoms. The zero-order valence-electron chi connectivity index (χ0n) is 13.7. The van der Waals surface area contributed by atoms with Gasteiger partial charge < -0.3 is 10.1 Å². The number of ether oxygens (including phenoxy) is 1. The molecule has 0 atom stereocenters. The molecule has 0 saturated carbocycles. The quantitative estimate of drug-likeness (QED) is 0.898. The van der Waals surface area contributed by atoms with Gasteiger partial charge in [-0.15, -0.1) is 0 Å². The number of nitrogens with one attached hydrogen (secondary N) is 1. The Morgan fingerprint density at radius 1 is 1.25 bits per heavy atom. The predicted molar refractivity (Wildman–Crippen MR) is 96.7 cm³/mol. The summed E-state index contributed by atoms with van der Waals surface area (Å²) in [5.41, 5.74) is 3.39. The highest BCUT2D eigenvalue weighted by atomic mass is 35.5. The molecule has 3 rings (SSSR count). The normalized spacial score (nSPS) is 14.1. The van der Waals surface area contributed by atoms with Crippen LogP contribution in [0.1, 0.15) is 17.5 Å². The van der Waals surface area contributed by atoms with Gasteiger partial charge in [0.05, 0.1) is 12.8 Å². The summed E-state index contributed by atoms with van der Waals surface area (Å²) in [5.74, 6) is 0.578. The maximum atomic E-state index is 12.2. The fourth-order valence-electron chi connectivity index (χ4n) is 3.00. The molecule has 0 saturated heterocycles. The molecule has 0 spiro atoms. The number of halogens is 1. The molecule has 1 amide bonds. The SMILES string of the molecule is COc1ccc(Cl)cc1NC(=O)CCN1CCc2ccccc2C1. The highest BCUT2D eigenvalue weighted by molar-refractivity contribution is 6.31. The van der Waals surface area contributed by atoms with E-state index in [1.54, 1.807) is 25.3 Å². The van der Waals surface area contributed by atoms with E-state index in [1.165, 1.54) is 11.1 Å². The minimum Gasteiger partial charge on any atom is -0.495 e. The van der Waals surface area contributed by atoms with E-state index in [2.05, 4.69) is 34.5 Å². The van der Waals surface area contributed by atoms with Gasteiger partial charge in [0.1, 0.15) is 5.75 Å². The minimum absolute atomic E-state index is 0.0329.